The van der Waals surface area contributed by atoms with Crippen LogP contribution in [0.15, 0.2) is 100 Å². The molecule has 3 N–H and O–H groups in total. The number of cyclic esters (lactones) is 1. The molecule has 0 aliphatic carbocycles. The fourth-order valence-electron chi connectivity index (χ4n) is 11.0. The Labute approximate surface area is 441 Å². The molecule has 3 aromatic rings. The molecule has 3 fully saturated rings. The number of rotatable bonds is 13. The van der Waals surface area contributed by atoms with Gasteiger partial charge in [-0.25, -0.2) is 14.0 Å². The van der Waals surface area contributed by atoms with E-state index in [1.54, 1.807) is 109 Å². The van der Waals surface area contributed by atoms with Crippen molar-refractivity contribution in [3.63, 3.8) is 0 Å². The molecule has 17 heteroatoms. The summed E-state index contributed by atoms with van der Waals surface area (Å²) in [5.41, 5.74) is -3.79. The van der Waals surface area contributed by atoms with Crippen LogP contribution in [0.5, 0.6) is 0 Å². The summed E-state index contributed by atoms with van der Waals surface area (Å²) >= 11 is 1.20. The summed E-state index contributed by atoms with van der Waals surface area (Å²) in [5, 5.41) is 37.8. The maximum Gasteiger partial charge on any atom is 0.338 e. The molecule has 6 rings (SSSR count). The number of esters is 3. The first-order valence-corrected chi connectivity index (χ1v) is 26.7. The summed E-state index contributed by atoms with van der Waals surface area (Å²) < 4.78 is 57.2. The summed E-state index contributed by atoms with van der Waals surface area (Å²) in [4.78, 5) is 45.0. The minimum Gasteiger partial charge on any atom is -0.459 e. The number of hydrogen-bond acceptors (Lipinski definition) is 17. The topological polar surface area (TPSA) is 201 Å². The molecule has 408 valence electrons. The van der Waals surface area contributed by atoms with Crippen LogP contribution in [0.1, 0.15) is 116 Å². The minimum atomic E-state index is -1.97. The molecular weight excluding hydrogens is 969 g/mol. The molecule has 18 atom stereocenters. The molecule has 0 bridgehead atoms. The monoisotopic (exact) mass is 1050 g/mol. The van der Waals surface area contributed by atoms with Crippen molar-refractivity contribution in [3.8, 4) is 0 Å². The number of carbonyl (C=O) groups excluding carboxylic acids is 3. The van der Waals surface area contributed by atoms with Gasteiger partial charge in [-0.15, -0.1) is 0 Å². The van der Waals surface area contributed by atoms with Crippen molar-refractivity contribution >= 4 is 35.6 Å². The van der Waals surface area contributed by atoms with Crippen molar-refractivity contribution in [2.75, 3.05) is 21.2 Å². The zero-order valence-electron chi connectivity index (χ0n) is 45.3. The summed E-state index contributed by atoms with van der Waals surface area (Å²) in [6, 6.07) is 26.3. The number of aliphatic hydroxyl groups is 3. The number of hydrogen-bond donors (Lipinski definition) is 3. The zero-order valence-corrected chi connectivity index (χ0v) is 46.1. The van der Waals surface area contributed by atoms with Gasteiger partial charge in [0.15, 0.2) is 24.8 Å². The highest BCUT2D eigenvalue weighted by molar-refractivity contribution is 7.98. The lowest BCUT2D eigenvalue weighted by Crippen LogP contribution is -2.62. The van der Waals surface area contributed by atoms with Crippen LogP contribution in [0, 0.1) is 23.7 Å². The van der Waals surface area contributed by atoms with Crippen LogP contribution >= 0.6 is 11.9 Å². The van der Waals surface area contributed by atoms with E-state index in [9.17, 15) is 29.7 Å². The van der Waals surface area contributed by atoms with Crippen LogP contribution in [0.3, 0.4) is 0 Å². The van der Waals surface area contributed by atoms with E-state index in [1.165, 1.54) is 26.0 Å². The second kappa shape index (κ2) is 25.3. The Kier molecular flexibility index (Phi) is 20.1. The third kappa shape index (κ3) is 13.8. The Balaban J connectivity index is 1.47. The third-order valence-corrected chi connectivity index (χ3v) is 16.1. The maximum atomic E-state index is 14.8. The van der Waals surface area contributed by atoms with Crippen LogP contribution < -0.4 is 0 Å². The lowest BCUT2D eigenvalue weighted by atomic mass is 9.73. The number of methoxy groups -OCH3 is 1. The Morgan fingerprint density at radius 3 is 1.89 bits per heavy atom. The highest BCUT2D eigenvalue weighted by Crippen LogP contribution is 2.42. The van der Waals surface area contributed by atoms with Crippen LogP contribution in [0.2, 0.25) is 0 Å². The maximum absolute atomic E-state index is 14.8. The first kappa shape index (κ1) is 59.0. The highest BCUT2D eigenvalue weighted by Gasteiger charge is 2.55. The number of nitrogens with zero attached hydrogens (tertiary/aromatic N) is 2. The Morgan fingerprint density at radius 1 is 0.770 bits per heavy atom. The molecule has 2 unspecified atom stereocenters. The number of likely N-dealkylation sites (N-methyl/N-ethyl adjacent to an activating group) is 1. The molecular formula is C57H80N2O14S. The summed E-state index contributed by atoms with van der Waals surface area (Å²) in [6.07, 6.45) is -9.87. The van der Waals surface area contributed by atoms with Gasteiger partial charge in [-0.1, -0.05) is 82.3 Å². The lowest BCUT2D eigenvalue weighted by Gasteiger charge is -2.50. The van der Waals surface area contributed by atoms with Crippen molar-refractivity contribution in [1.29, 1.82) is 0 Å². The summed E-state index contributed by atoms with van der Waals surface area (Å²) in [6.45, 7) is 17.4. The van der Waals surface area contributed by atoms with Crippen molar-refractivity contribution in [2.24, 2.45) is 28.1 Å². The van der Waals surface area contributed by atoms with Gasteiger partial charge in [0.25, 0.3) is 0 Å². The van der Waals surface area contributed by atoms with Gasteiger partial charge >= 0.3 is 17.9 Å². The van der Waals surface area contributed by atoms with Crippen molar-refractivity contribution < 1.29 is 67.6 Å². The molecule has 3 aromatic carbocycles. The normalized spacial score (nSPS) is 38.1. The van der Waals surface area contributed by atoms with Gasteiger partial charge in [-0.2, -0.15) is 0 Å². The second-order valence-electron chi connectivity index (χ2n) is 21.5. The van der Waals surface area contributed by atoms with Crippen molar-refractivity contribution in [1.82, 2.24) is 4.90 Å². The van der Waals surface area contributed by atoms with E-state index in [4.69, 9.17) is 42.3 Å². The van der Waals surface area contributed by atoms with Crippen LogP contribution in [-0.2, 0) is 42.7 Å². The van der Waals surface area contributed by atoms with Crippen molar-refractivity contribution in [3.05, 3.63) is 102 Å². The summed E-state index contributed by atoms with van der Waals surface area (Å²) in [7, 11) is 5.29. The molecule has 3 aliphatic heterocycles. The van der Waals surface area contributed by atoms with Gasteiger partial charge < -0.3 is 58.1 Å². The van der Waals surface area contributed by atoms with Crippen molar-refractivity contribution in [2.45, 2.75) is 184 Å². The van der Waals surface area contributed by atoms with E-state index in [2.05, 4.69) is 0 Å². The van der Waals surface area contributed by atoms with Gasteiger partial charge in [0.2, 0.25) is 0 Å². The van der Waals surface area contributed by atoms with Gasteiger partial charge in [-0.3, -0.25) is 4.79 Å². The average molecular weight is 1050 g/mol. The molecule has 74 heavy (non-hydrogen) atoms. The van der Waals surface area contributed by atoms with Crippen LogP contribution in [0.4, 0.5) is 0 Å². The molecule has 0 radical (unpaired) electrons. The molecule has 3 aliphatic rings. The Hall–Kier alpha value is -4.27. The molecule has 3 saturated heterocycles. The molecule has 0 spiro atoms. The number of benzene rings is 3. The number of ether oxygens (including phenoxy) is 8. The smallest absolute Gasteiger partial charge is 0.338 e. The molecule has 3 heterocycles. The first-order chi connectivity index (χ1) is 34.9. The largest absolute Gasteiger partial charge is 0.459 e. The molecule has 0 saturated carbocycles. The van der Waals surface area contributed by atoms with E-state index >= 15 is 0 Å². The van der Waals surface area contributed by atoms with E-state index in [1.807, 2.05) is 63.2 Å². The predicted octanol–water partition coefficient (Wildman–Crippen LogP) is 8.09. The van der Waals surface area contributed by atoms with E-state index in [0.29, 0.717) is 23.3 Å². The summed E-state index contributed by atoms with van der Waals surface area (Å²) in [5.74, 6) is -5.35. The predicted molar refractivity (Wildman–Crippen MR) is 280 cm³/mol. The average Bonchev–Trinajstić information content (AvgIpc) is 3.37. The molecule has 0 amide bonds. The third-order valence-electron chi connectivity index (χ3n) is 15.3. The highest BCUT2D eigenvalue weighted by atomic mass is 32.2. The lowest BCUT2D eigenvalue weighted by molar-refractivity contribution is -0.317. The van der Waals surface area contributed by atoms with Gasteiger partial charge in [0.1, 0.15) is 17.3 Å². The van der Waals surface area contributed by atoms with Gasteiger partial charge in [-0.05, 0) is 117 Å². The molecule has 0 aromatic heterocycles. The Morgan fingerprint density at radius 2 is 1.34 bits per heavy atom. The first-order valence-electron chi connectivity index (χ1n) is 25.9. The van der Waals surface area contributed by atoms with Gasteiger partial charge in [0.05, 0.1) is 59.2 Å². The van der Waals surface area contributed by atoms with Crippen LogP contribution in [-0.4, -0.2) is 149 Å². The van der Waals surface area contributed by atoms with Gasteiger partial charge in [0, 0.05) is 47.9 Å². The van der Waals surface area contributed by atoms with E-state index in [0.717, 1.165) is 4.90 Å². The SMILES string of the molecule is CCC1OC(=O)[C@H](C)C(O[C@H]2C[C@@](C)(OC)[C@@H](OC(=O)c3ccccc3)[C@H](C)O2)[C@H](C)[C@@H](O[C@@H]2O[C@H](C)C[C@H](N(C)C)[C@H]2OC(=O)c2ccccc2)[C@](C)(O)C[C@@H](C)/C(=N\Sc2ccccc2)[C@H](C)[C@@H](O)[C@]1(C)O. The molecule has 16 nitrogen and oxygen atoms in total. The number of aliphatic hydroxyl groups excluding tert-OH is 1. The zero-order chi connectivity index (χ0) is 54.3. The van der Waals surface area contributed by atoms with E-state index < -0.39 is 120 Å². The number of carbonyl (C=O) groups is 3. The Bertz CT molecular complexity index is 2320. The standard InChI is InChI=1S/C57H80N2O14S/c1-14-43-57(10,65)48(60)35(4)45(58-74-41-28-22-17-23-29-41)33(2)31-55(8,64)49(73-54-47(42(59(11)12)30-34(3)67-54)71-52(62)39-24-18-15-19-25-39)36(5)46(37(6)51(61)69-43)70-44-32-56(9,66-13)50(38(7)68-44)72-53(63)40-26-20-16-21-27-40/h15-29,33-38,42-44,46-50,54,60,64-65H,14,30-32H2,1-13H3/b58-45+/t33-,34-,35+,36+,37-,38+,42+,43?,44+,46?,47-,48-,49-,50+,54+,55-,56-,57-/m1/s1. The fraction of sp³-hybridized carbons (Fsp3) is 0.614. The quantitative estimate of drug-likeness (QED) is 0.0842. The minimum absolute atomic E-state index is 0.0147. The van der Waals surface area contributed by atoms with Crippen LogP contribution in [0.25, 0.3) is 0 Å². The fourth-order valence-corrected chi connectivity index (χ4v) is 11.9. The second-order valence-corrected chi connectivity index (χ2v) is 22.3. The van der Waals surface area contributed by atoms with E-state index in [-0.39, 0.29) is 25.4 Å².